The molecule has 0 aliphatic carbocycles. The molecule has 0 rings (SSSR count). The summed E-state index contributed by atoms with van der Waals surface area (Å²) in [4.78, 5) is 11.2. The summed E-state index contributed by atoms with van der Waals surface area (Å²) in [6.45, 7) is 4.60. The van der Waals surface area contributed by atoms with Gasteiger partial charge in [-0.15, -0.1) is 11.6 Å². The van der Waals surface area contributed by atoms with Crippen molar-refractivity contribution in [3.63, 3.8) is 0 Å². The van der Waals surface area contributed by atoms with E-state index in [9.17, 15) is 4.79 Å². The number of unbranched alkanes of at least 4 members (excludes halogenated alkanes) is 5. The zero-order valence-electron chi connectivity index (χ0n) is 9.93. The molecular weight excluding hydrogens is 212 g/mol. The van der Waals surface area contributed by atoms with Gasteiger partial charge in [0.05, 0.1) is 6.61 Å². The molecule has 15 heavy (non-hydrogen) atoms. The Morgan fingerprint density at radius 2 is 1.73 bits per heavy atom. The molecule has 1 atom stereocenters. The van der Waals surface area contributed by atoms with Crippen molar-refractivity contribution in [1.29, 1.82) is 0 Å². The van der Waals surface area contributed by atoms with Crippen molar-refractivity contribution in [2.45, 2.75) is 64.2 Å². The molecule has 0 aliphatic rings. The maximum absolute atomic E-state index is 11.2. The number of rotatable bonds is 9. The third kappa shape index (κ3) is 8.73. The van der Waals surface area contributed by atoms with Gasteiger partial charge < -0.3 is 4.74 Å². The van der Waals surface area contributed by atoms with Crippen LogP contribution in [0, 0.1) is 0 Å². The van der Waals surface area contributed by atoms with Gasteiger partial charge >= 0.3 is 5.97 Å². The van der Waals surface area contributed by atoms with Gasteiger partial charge in [-0.3, -0.25) is 4.79 Å². The first kappa shape index (κ1) is 14.8. The van der Waals surface area contributed by atoms with Crippen LogP contribution in [0.3, 0.4) is 0 Å². The summed E-state index contributed by atoms with van der Waals surface area (Å²) in [6.07, 6.45) is 7.84. The minimum atomic E-state index is -0.468. The summed E-state index contributed by atoms with van der Waals surface area (Å²) >= 11 is 5.72. The Morgan fingerprint density at radius 1 is 1.13 bits per heavy atom. The molecule has 0 aromatic carbocycles. The van der Waals surface area contributed by atoms with E-state index >= 15 is 0 Å². The van der Waals surface area contributed by atoms with Gasteiger partial charge in [0.2, 0.25) is 0 Å². The first-order valence-electron chi connectivity index (χ1n) is 6.03. The van der Waals surface area contributed by atoms with Gasteiger partial charge in [-0.05, 0) is 12.8 Å². The van der Waals surface area contributed by atoms with Gasteiger partial charge in [0.1, 0.15) is 5.38 Å². The van der Waals surface area contributed by atoms with Crippen molar-refractivity contribution in [1.82, 2.24) is 0 Å². The van der Waals surface area contributed by atoms with Gasteiger partial charge in [-0.25, -0.2) is 0 Å². The predicted molar refractivity (Wildman–Crippen MR) is 64.3 cm³/mol. The highest BCUT2D eigenvalue weighted by Gasteiger charge is 2.13. The highest BCUT2D eigenvalue weighted by molar-refractivity contribution is 6.29. The summed E-state index contributed by atoms with van der Waals surface area (Å²) in [6, 6.07) is 0. The van der Waals surface area contributed by atoms with Crippen LogP contribution >= 0.6 is 11.6 Å². The third-order valence-electron chi connectivity index (χ3n) is 2.36. The molecule has 0 aromatic rings. The highest BCUT2D eigenvalue weighted by Crippen LogP contribution is 2.07. The molecule has 90 valence electrons. The van der Waals surface area contributed by atoms with Crippen molar-refractivity contribution in [2.24, 2.45) is 0 Å². The van der Waals surface area contributed by atoms with Crippen molar-refractivity contribution in [2.75, 3.05) is 6.61 Å². The largest absolute Gasteiger partial charge is 0.465 e. The van der Waals surface area contributed by atoms with Gasteiger partial charge in [-0.2, -0.15) is 0 Å². The van der Waals surface area contributed by atoms with Gasteiger partial charge in [0, 0.05) is 0 Å². The lowest BCUT2D eigenvalue weighted by atomic mass is 10.1. The molecule has 0 aromatic heterocycles. The molecule has 0 fully saturated rings. The second kappa shape index (κ2) is 10.3. The van der Waals surface area contributed by atoms with Crippen LogP contribution in [0.5, 0.6) is 0 Å². The van der Waals surface area contributed by atoms with Crippen LogP contribution in [0.25, 0.3) is 0 Å². The van der Waals surface area contributed by atoms with E-state index in [1.807, 2.05) is 6.92 Å². The normalized spacial score (nSPS) is 12.5. The Kier molecular flexibility index (Phi) is 10.1. The van der Waals surface area contributed by atoms with Crippen molar-refractivity contribution < 1.29 is 9.53 Å². The smallest absolute Gasteiger partial charge is 0.324 e. The molecule has 1 unspecified atom stereocenters. The van der Waals surface area contributed by atoms with E-state index in [1.165, 1.54) is 25.7 Å². The highest BCUT2D eigenvalue weighted by atomic mass is 35.5. The van der Waals surface area contributed by atoms with Crippen LogP contribution in [0.2, 0.25) is 0 Å². The summed E-state index contributed by atoms with van der Waals surface area (Å²) in [5, 5.41) is -0.468. The molecule has 0 spiro atoms. The van der Waals surface area contributed by atoms with Crippen LogP contribution in [-0.4, -0.2) is 18.0 Å². The fourth-order valence-electron chi connectivity index (χ4n) is 1.31. The van der Waals surface area contributed by atoms with Gasteiger partial charge in [0.25, 0.3) is 0 Å². The van der Waals surface area contributed by atoms with Crippen LogP contribution in [0.15, 0.2) is 0 Å². The summed E-state index contributed by atoms with van der Waals surface area (Å²) < 4.78 is 5.03. The molecule has 0 radical (unpaired) electrons. The first-order chi connectivity index (χ1) is 7.22. The number of hydrogen-bond acceptors (Lipinski definition) is 2. The fourth-order valence-corrected chi connectivity index (χ4v) is 1.38. The van der Waals surface area contributed by atoms with E-state index < -0.39 is 5.38 Å². The molecule has 0 saturated carbocycles. The number of ether oxygens (including phenoxy) is 1. The second-order valence-electron chi connectivity index (χ2n) is 3.81. The molecule has 0 bridgehead atoms. The zero-order chi connectivity index (χ0) is 11.5. The van der Waals surface area contributed by atoms with E-state index in [-0.39, 0.29) is 5.97 Å². The number of esters is 1. The predicted octanol–water partition coefficient (Wildman–Crippen LogP) is 3.91. The molecular formula is C12H23ClO2. The lowest BCUT2D eigenvalue weighted by Crippen LogP contribution is -2.17. The number of halogens is 1. The second-order valence-corrected chi connectivity index (χ2v) is 4.34. The number of hydrogen-bond donors (Lipinski definition) is 0. The molecule has 0 N–H and O–H groups in total. The maximum Gasteiger partial charge on any atom is 0.324 e. The quantitative estimate of drug-likeness (QED) is 0.344. The van der Waals surface area contributed by atoms with Crippen molar-refractivity contribution in [3.05, 3.63) is 0 Å². The van der Waals surface area contributed by atoms with Crippen LogP contribution in [-0.2, 0) is 9.53 Å². The molecule has 2 nitrogen and oxygen atoms in total. The SMILES string of the molecule is CCCCCCCCOC(=O)C(Cl)CC. The van der Waals surface area contributed by atoms with Crippen molar-refractivity contribution >= 4 is 17.6 Å². The first-order valence-corrected chi connectivity index (χ1v) is 6.46. The lowest BCUT2D eigenvalue weighted by Gasteiger charge is -2.07. The molecule has 0 saturated heterocycles. The lowest BCUT2D eigenvalue weighted by molar-refractivity contribution is -0.143. The number of carbonyl (C=O) groups is 1. The molecule has 0 aliphatic heterocycles. The van der Waals surface area contributed by atoms with E-state index in [2.05, 4.69) is 6.92 Å². The Hall–Kier alpha value is -0.240. The standard InChI is InChI=1S/C12H23ClO2/c1-3-5-6-7-8-9-10-15-12(14)11(13)4-2/h11H,3-10H2,1-2H3. The minimum Gasteiger partial charge on any atom is -0.465 e. The Morgan fingerprint density at radius 3 is 2.33 bits per heavy atom. The van der Waals surface area contributed by atoms with E-state index in [1.54, 1.807) is 0 Å². The van der Waals surface area contributed by atoms with Crippen LogP contribution < -0.4 is 0 Å². The van der Waals surface area contributed by atoms with E-state index in [0.717, 1.165) is 12.8 Å². The van der Waals surface area contributed by atoms with Gasteiger partial charge in [-0.1, -0.05) is 46.0 Å². The topological polar surface area (TPSA) is 26.3 Å². The van der Waals surface area contributed by atoms with E-state index in [4.69, 9.17) is 16.3 Å². The summed E-state index contributed by atoms with van der Waals surface area (Å²) in [7, 11) is 0. The Labute approximate surface area is 98.3 Å². The van der Waals surface area contributed by atoms with Crippen molar-refractivity contribution in [3.8, 4) is 0 Å². The molecule has 3 heteroatoms. The summed E-state index contributed by atoms with van der Waals surface area (Å²) in [5.41, 5.74) is 0. The third-order valence-corrected chi connectivity index (χ3v) is 2.84. The monoisotopic (exact) mass is 234 g/mol. The average Bonchev–Trinajstić information content (AvgIpc) is 2.26. The Balaban J connectivity index is 3.20. The Bertz CT molecular complexity index is 160. The van der Waals surface area contributed by atoms with Crippen LogP contribution in [0.4, 0.5) is 0 Å². The number of carbonyl (C=O) groups excluding carboxylic acids is 1. The maximum atomic E-state index is 11.2. The van der Waals surface area contributed by atoms with E-state index in [0.29, 0.717) is 13.0 Å². The molecule has 0 heterocycles. The zero-order valence-corrected chi connectivity index (χ0v) is 10.7. The number of alkyl halides is 1. The fraction of sp³-hybridized carbons (Fsp3) is 0.917. The van der Waals surface area contributed by atoms with Gasteiger partial charge in [0.15, 0.2) is 0 Å². The summed E-state index contributed by atoms with van der Waals surface area (Å²) in [5.74, 6) is -0.271. The molecule has 0 amide bonds. The van der Waals surface area contributed by atoms with Crippen LogP contribution in [0.1, 0.15) is 58.8 Å². The minimum absolute atomic E-state index is 0.271. The average molecular weight is 235 g/mol.